The van der Waals surface area contributed by atoms with Crippen LogP contribution in [0.2, 0.25) is 0 Å². The molecule has 0 saturated carbocycles. The summed E-state index contributed by atoms with van der Waals surface area (Å²) >= 11 is 0. The Balaban J connectivity index is 1.64. The molecule has 3 aromatic rings. The number of hydrogen-bond donors (Lipinski definition) is 0. The summed E-state index contributed by atoms with van der Waals surface area (Å²) in [7, 11) is -3.60. The molecule has 1 aromatic heterocycles. The fraction of sp³-hybridized carbons (Fsp3) is 0.318. The second kappa shape index (κ2) is 8.99. The molecule has 2 aromatic carbocycles. The largest absolute Gasteiger partial charge is 0.337 e. The molecule has 1 saturated heterocycles. The van der Waals surface area contributed by atoms with E-state index in [1.54, 1.807) is 48.2 Å². The summed E-state index contributed by atoms with van der Waals surface area (Å²) < 4.78 is 33.2. The number of hydrogen-bond acceptors (Lipinski definition) is 6. The minimum atomic E-state index is -3.60. The maximum absolute atomic E-state index is 13.3. The van der Waals surface area contributed by atoms with Crippen LogP contribution in [-0.2, 0) is 15.8 Å². The molecule has 31 heavy (non-hydrogen) atoms. The minimum Gasteiger partial charge on any atom is -0.337 e. The number of amides is 1. The van der Waals surface area contributed by atoms with Gasteiger partial charge in [-0.2, -0.15) is 9.29 Å². The van der Waals surface area contributed by atoms with Gasteiger partial charge < -0.3 is 9.42 Å². The van der Waals surface area contributed by atoms with E-state index in [2.05, 4.69) is 10.1 Å². The maximum atomic E-state index is 13.3. The Morgan fingerprint density at radius 3 is 2.39 bits per heavy atom. The predicted molar refractivity (Wildman–Crippen MR) is 115 cm³/mol. The Kier molecular flexibility index (Phi) is 6.15. The molecule has 0 aliphatic carbocycles. The van der Waals surface area contributed by atoms with Crippen LogP contribution in [0.25, 0.3) is 0 Å². The van der Waals surface area contributed by atoms with Crippen LogP contribution in [0.4, 0.5) is 0 Å². The first-order chi connectivity index (χ1) is 14.9. The lowest BCUT2D eigenvalue weighted by Gasteiger charge is -2.29. The highest BCUT2D eigenvalue weighted by molar-refractivity contribution is 7.88. The third kappa shape index (κ3) is 4.83. The van der Waals surface area contributed by atoms with E-state index in [-0.39, 0.29) is 24.1 Å². The summed E-state index contributed by atoms with van der Waals surface area (Å²) in [6.45, 7) is 2.46. The van der Waals surface area contributed by atoms with E-state index in [1.165, 1.54) is 4.31 Å². The Morgan fingerprint density at radius 2 is 1.74 bits per heavy atom. The van der Waals surface area contributed by atoms with E-state index >= 15 is 0 Å². The van der Waals surface area contributed by atoms with Gasteiger partial charge in [-0.3, -0.25) is 4.79 Å². The summed E-state index contributed by atoms with van der Waals surface area (Å²) in [6, 6.07) is 17.3. The van der Waals surface area contributed by atoms with E-state index < -0.39 is 16.1 Å². The van der Waals surface area contributed by atoms with Crippen LogP contribution in [0.15, 0.2) is 65.2 Å². The molecule has 0 N–H and O–H groups in total. The number of rotatable bonds is 5. The molecule has 9 heteroatoms. The standard InChI is InChI=1S/C22H24N4O4S/c1-17-23-21(30-24-17)20-15-25(31(28,29)16-18-9-4-2-5-10-18)13-8-14-26(20)22(27)19-11-6-3-7-12-19/h2-7,9-12,20H,8,13-16H2,1H3. The SMILES string of the molecule is Cc1noc(C2CN(S(=O)(=O)Cc3ccccc3)CCCN2C(=O)c2ccccc2)n1. The predicted octanol–water partition coefficient (Wildman–Crippen LogP) is 2.80. The number of nitrogens with zero attached hydrogens (tertiary/aromatic N) is 4. The van der Waals surface area contributed by atoms with Gasteiger partial charge in [0.2, 0.25) is 10.0 Å². The highest BCUT2D eigenvalue weighted by atomic mass is 32.2. The van der Waals surface area contributed by atoms with Crippen molar-refractivity contribution in [2.75, 3.05) is 19.6 Å². The Labute approximate surface area is 181 Å². The maximum Gasteiger partial charge on any atom is 0.254 e. The average molecular weight is 441 g/mol. The summed E-state index contributed by atoms with van der Waals surface area (Å²) in [5, 5.41) is 3.85. The fourth-order valence-electron chi connectivity index (χ4n) is 3.73. The third-order valence-electron chi connectivity index (χ3n) is 5.25. The van der Waals surface area contributed by atoms with Crippen molar-refractivity contribution < 1.29 is 17.7 Å². The van der Waals surface area contributed by atoms with Crippen LogP contribution < -0.4 is 0 Å². The van der Waals surface area contributed by atoms with Crippen LogP contribution in [0.5, 0.6) is 0 Å². The van der Waals surface area contributed by atoms with E-state index in [0.717, 1.165) is 0 Å². The number of aryl methyl sites for hydroxylation is 1. The van der Waals surface area contributed by atoms with Gasteiger partial charge >= 0.3 is 0 Å². The zero-order valence-corrected chi connectivity index (χ0v) is 18.0. The molecule has 1 amide bonds. The van der Waals surface area contributed by atoms with Crippen LogP contribution in [0.3, 0.4) is 0 Å². The zero-order chi connectivity index (χ0) is 21.8. The zero-order valence-electron chi connectivity index (χ0n) is 17.2. The highest BCUT2D eigenvalue weighted by Gasteiger charge is 2.37. The van der Waals surface area contributed by atoms with Gasteiger partial charge in [-0.25, -0.2) is 8.42 Å². The normalized spacial score (nSPS) is 18.0. The molecule has 4 rings (SSSR count). The first kappa shape index (κ1) is 21.2. The molecule has 0 radical (unpaired) electrons. The third-order valence-corrected chi connectivity index (χ3v) is 7.07. The molecule has 1 unspecified atom stereocenters. The number of carbonyl (C=O) groups is 1. The number of carbonyl (C=O) groups excluding carboxylic acids is 1. The van der Waals surface area contributed by atoms with Crippen molar-refractivity contribution in [2.24, 2.45) is 0 Å². The molecule has 1 aliphatic heterocycles. The lowest BCUT2D eigenvalue weighted by Crippen LogP contribution is -2.40. The Bertz CT molecular complexity index is 1130. The molecule has 8 nitrogen and oxygen atoms in total. The molecule has 1 aliphatic rings. The van der Waals surface area contributed by atoms with Gasteiger partial charge in [-0.1, -0.05) is 53.7 Å². The minimum absolute atomic E-state index is 0.0649. The molecule has 162 valence electrons. The van der Waals surface area contributed by atoms with Crippen molar-refractivity contribution in [2.45, 2.75) is 25.1 Å². The lowest BCUT2D eigenvalue weighted by atomic mass is 10.1. The second-order valence-corrected chi connectivity index (χ2v) is 9.48. The second-order valence-electron chi connectivity index (χ2n) is 7.51. The van der Waals surface area contributed by atoms with Gasteiger partial charge in [0.15, 0.2) is 5.82 Å². The molecule has 1 atom stereocenters. The fourth-order valence-corrected chi connectivity index (χ4v) is 5.31. The lowest BCUT2D eigenvalue weighted by molar-refractivity contribution is 0.0648. The van der Waals surface area contributed by atoms with Crippen molar-refractivity contribution in [3.05, 3.63) is 83.5 Å². The molecular weight excluding hydrogens is 416 g/mol. The first-order valence-electron chi connectivity index (χ1n) is 10.1. The number of sulfonamides is 1. The van der Waals surface area contributed by atoms with Gasteiger partial charge in [0, 0.05) is 25.2 Å². The van der Waals surface area contributed by atoms with Gasteiger partial charge in [-0.05, 0) is 31.0 Å². The Morgan fingerprint density at radius 1 is 1.06 bits per heavy atom. The average Bonchev–Trinajstić information content (AvgIpc) is 3.07. The van der Waals surface area contributed by atoms with E-state index in [9.17, 15) is 13.2 Å². The van der Waals surface area contributed by atoms with Crippen molar-refractivity contribution in [3.63, 3.8) is 0 Å². The number of aromatic nitrogens is 2. The summed E-state index contributed by atoms with van der Waals surface area (Å²) in [5.74, 6) is 0.383. The van der Waals surface area contributed by atoms with Crippen LogP contribution in [0, 0.1) is 6.92 Å². The Hall–Kier alpha value is -3.04. The topological polar surface area (TPSA) is 96.6 Å². The van der Waals surface area contributed by atoms with E-state index in [0.29, 0.717) is 36.5 Å². The quantitative estimate of drug-likeness (QED) is 0.605. The van der Waals surface area contributed by atoms with Crippen LogP contribution in [-0.4, -0.2) is 53.3 Å². The molecule has 1 fully saturated rings. The van der Waals surface area contributed by atoms with Gasteiger partial charge in [0.25, 0.3) is 11.8 Å². The smallest absolute Gasteiger partial charge is 0.254 e. The van der Waals surface area contributed by atoms with E-state index in [1.807, 2.05) is 24.3 Å². The van der Waals surface area contributed by atoms with E-state index in [4.69, 9.17) is 4.52 Å². The number of benzene rings is 2. The summed E-state index contributed by atoms with van der Waals surface area (Å²) in [4.78, 5) is 19.2. The molecule has 0 spiro atoms. The summed E-state index contributed by atoms with van der Waals surface area (Å²) in [6.07, 6.45) is 0.510. The van der Waals surface area contributed by atoms with Gasteiger partial charge in [0.1, 0.15) is 6.04 Å². The molecule has 0 bridgehead atoms. The van der Waals surface area contributed by atoms with Crippen molar-refractivity contribution in [1.82, 2.24) is 19.3 Å². The van der Waals surface area contributed by atoms with Crippen molar-refractivity contribution in [3.8, 4) is 0 Å². The van der Waals surface area contributed by atoms with Crippen molar-refractivity contribution >= 4 is 15.9 Å². The van der Waals surface area contributed by atoms with Gasteiger partial charge in [0.05, 0.1) is 5.75 Å². The highest BCUT2D eigenvalue weighted by Crippen LogP contribution is 2.28. The summed E-state index contributed by atoms with van der Waals surface area (Å²) in [5.41, 5.74) is 1.25. The van der Waals surface area contributed by atoms with Crippen LogP contribution >= 0.6 is 0 Å². The van der Waals surface area contributed by atoms with Crippen molar-refractivity contribution in [1.29, 1.82) is 0 Å². The monoisotopic (exact) mass is 440 g/mol. The first-order valence-corrected chi connectivity index (χ1v) is 11.7. The van der Waals surface area contributed by atoms with Crippen LogP contribution in [0.1, 0.15) is 40.1 Å². The van der Waals surface area contributed by atoms with Gasteiger partial charge in [-0.15, -0.1) is 0 Å². The molecule has 2 heterocycles. The molecular formula is C22H24N4O4S.